The monoisotopic (exact) mass is 260 g/mol. The highest BCUT2D eigenvalue weighted by Gasteiger charge is 2.11. The van der Waals surface area contributed by atoms with Crippen LogP contribution in [0, 0.1) is 6.92 Å². The van der Waals surface area contributed by atoms with Crippen LogP contribution in [-0.2, 0) is 12.8 Å². The zero-order valence-electron chi connectivity index (χ0n) is 11.9. The molecule has 102 valence electrons. The average molecular weight is 260 g/mol. The van der Waals surface area contributed by atoms with E-state index < -0.39 is 0 Å². The topological polar surface area (TPSA) is 68.5 Å². The van der Waals surface area contributed by atoms with Crippen molar-refractivity contribution in [1.29, 1.82) is 0 Å². The first-order valence-electron chi connectivity index (χ1n) is 6.72. The second-order valence-corrected chi connectivity index (χ2v) is 4.28. The lowest BCUT2D eigenvalue weighted by atomic mass is 10.4. The van der Waals surface area contributed by atoms with Gasteiger partial charge in [-0.2, -0.15) is 9.67 Å². The molecule has 0 amide bonds. The van der Waals surface area contributed by atoms with Gasteiger partial charge in [0.1, 0.15) is 5.82 Å². The minimum absolute atomic E-state index is 0.633. The predicted octanol–water partition coefficient (Wildman–Crippen LogP) is 1.92. The fraction of sp³-hybridized carbons (Fsp3) is 0.538. The number of rotatable bonds is 5. The Morgan fingerprint density at radius 2 is 1.89 bits per heavy atom. The fourth-order valence-electron chi connectivity index (χ4n) is 1.85. The van der Waals surface area contributed by atoms with Crippen molar-refractivity contribution in [3.05, 3.63) is 23.4 Å². The number of aromatic nitrogens is 5. The largest absolute Gasteiger partial charge is 0.354 e. The number of hydrogen-bond acceptors (Lipinski definition) is 5. The van der Waals surface area contributed by atoms with Crippen molar-refractivity contribution in [2.45, 2.75) is 40.5 Å². The van der Waals surface area contributed by atoms with E-state index in [-0.39, 0.29) is 0 Å². The predicted molar refractivity (Wildman–Crippen MR) is 74.6 cm³/mol. The molecule has 0 atom stereocenters. The van der Waals surface area contributed by atoms with Crippen molar-refractivity contribution >= 4 is 5.95 Å². The maximum absolute atomic E-state index is 4.50. The Hall–Kier alpha value is -1.98. The van der Waals surface area contributed by atoms with Crippen LogP contribution < -0.4 is 5.32 Å². The third-order valence-corrected chi connectivity index (χ3v) is 2.74. The lowest BCUT2D eigenvalue weighted by Gasteiger charge is -2.07. The summed E-state index contributed by atoms with van der Waals surface area (Å²) < 4.78 is 1.81. The molecular weight excluding hydrogens is 240 g/mol. The molecule has 0 aromatic carbocycles. The second kappa shape index (κ2) is 5.77. The third-order valence-electron chi connectivity index (χ3n) is 2.74. The Labute approximate surface area is 113 Å². The molecular formula is C13H20N6. The highest BCUT2D eigenvalue weighted by atomic mass is 15.4. The number of nitrogens with one attached hydrogen (secondary N) is 1. The Balaban J connectivity index is 2.48. The van der Waals surface area contributed by atoms with Crippen molar-refractivity contribution in [3.8, 4) is 5.82 Å². The number of hydrogen-bond donors (Lipinski definition) is 1. The zero-order chi connectivity index (χ0) is 13.8. The summed E-state index contributed by atoms with van der Waals surface area (Å²) in [7, 11) is 0. The van der Waals surface area contributed by atoms with E-state index in [1.807, 2.05) is 24.6 Å². The van der Waals surface area contributed by atoms with Crippen LogP contribution in [0.1, 0.15) is 38.1 Å². The van der Waals surface area contributed by atoms with Crippen LogP contribution >= 0.6 is 0 Å². The lowest BCUT2D eigenvalue weighted by molar-refractivity contribution is 0.763. The molecule has 0 aliphatic rings. The van der Waals surface area contributed by atoms with Crippen molar-refractivity contribution in [3.63, 3.8) is 0 Å². The summed E-state index contributed by atoms with van der Waals surface area (Å²) in [5.74, 6) is 3.18. The van der Waals surface area contributed by atoms with Crippen LogP contribution in [0.5, 0.6) is 0 Å². The van der Waals surface area contributed by atoms with Gasteiger partial charge < -0.3 is 5.32 Å². The van der Waals surface area contributed by atoms with Gasteiger partial charge in [0.2, 0.25) is 5.95 Å². The van der Waals surface area contributed by atoms with Crippen LogP contribution in [0.25, 0.3) is 5.82 Å². The van der Waals surface area contributed by atoms with Gasteiger partial charge in [0.15, 0.2) is 11.6 Å². The summed E-state index contributed by atoms with van der Waals surface area (Å²) >= 11 is 0. The summed E-state index contributed by atoms with van der Waals surface area (Å²) in [5.41, 5.74) is 0.913. The number of aryl methyl sites for hydroxylation is 3. The van der Waals surface area contributed by atoms with Gasteiger partial charge in [-0.25, -0.2) is 9.97 Å². The van der Waals surface area contributed by atoms with E-state index in [0.29, 0.717) is 5.95 Å². The first-order chi connectivity index (χ1) is 9.17. The smallest absolute Gasteiger partial charge is 0.224 e. The van der Waals surface area contributed by atoms with Crippen LogP contribution in [0.4, 0.5) is 5.95 Å². The molecule has 2 aromatic rings. The maximum Gasteiger partial charge on any atom is 0.224 e. The summed E-state index contributed by atoms with van der Waals surface area (Å²) in [5, 5.41) is 7.63. The average Bonchev–Trinajstić information content (AvgIpc) is 2.81. The van der Waals surface area contributed by atoms with Gasteiger partial charge >= 0.3 is 0 Å². The Morgan fingerprint density at radius 1 is 1.11 bits per heavy atom. The Bertz CT molecular complexity index is 560. The molecule has 0 fully saturated rings. The standard InChI is InChI=1S/C13H20N6/c1-5-10-16-11(6-2)19(18-10)12-8-9(4)15-13(17-12)14-7-3/h8H,5-7H2,1-4H3,(H,14,15,17). The molecule has 0 aliphatic heterocycles. The van der Waals surface area contributed by atoms with Crippen molar-refractivity contribution in [1.82, 2.24) is 24.7 Å². The van der Waals surface area contributed by atoms with Gasteiger partial charge in [-0.05, 0) is 13.8 Å². The van der Waals surface area contributed by atoms with Gasteiger partial charge in [0.05, 0.1) is 0 Å². The number of nitrogens with zero attached hydrogens (tertiary/aromatic N) is 5. The molecule has 0 spiro atoms. The molecule has 0 saturated heterocycles. The Kier molecular flexibility index (Phi) is 4.09. The minimum Gasteiger partial charge on any atom is -0.354 e. The first kappa shape index (κ1) is 13.5. The van der Waals surface area contributed by atoms with Gasteiger partial charge in [-0.3, -0.25) is 0 Å². The van der Waals surface area contributed by atoms with E-state index in [2.05, 4.69) is 39.2 Å². The van der Waals surface area contributed by atoms with Crippen LogP contribution in [-0.4, -0.2) is 31.3 Å². The highest BCUT2D eigenvalue weighted by molar-refractivity contribution is 5.34. The molecule has 2 aromatic heterocycles. The molecule has 0 saturated carbocycles. The quantitative estimate of drug-likeness (QED) is 0.889. The fourth-order valence-corrected chi connectivity index (χ4v) is 1.85. The molecule has 2 rings (SSSR count). The van der Waals surface area contributed by atoms with Crippen molar-refractivity contribution in [2.75, 3.05) is 11.9 Å². The first-order valence-corrected chi connectivity index (χ1v) is 6.72. The van der Waals surface area contributed by atoms with Gasteiger partial charge in [-0.1, -0.05) is 13.8 Å². The van der Waals surface area contributed by atoms with Gasteiger partial charge in [-0.15, -0.1) is 5.10 Å². The van der Waals surface area contributed by atoms with E-state index in [4.69, 9.17) is 0 Å². The van der Waals surface area contributed by atoms with E-state index in [0.717, 1.165) is 42.5 Å². The van der Waals surface area contributed by atoms with Crippen molar-refractivity contribution < 1.29 is 0 Å². The van der Waals surface area contributed by atoms with Gasteiger partial charge in [0.25, 0.3) is 0 Å². The summed E-state index contributed by atoms with van der Waals surface area (Å²) in [4.78, 5) is 13.3. The zero-order valence-corrected chi connectivity index (χ0v) is 11.9. The van der Waals surface area contributed by atoms with Crippen LogP contribution in [0.15, 0.2) is 6.07 Å². The molecule has 19 heavy (non-hydrogen) atoms. The second-order valence-electron chi connectivity index (χ2n) is 4.28. The van der Waals surface area contributed by atoms with Gasteiger partial charge in [0, 0.05) is 31.1 Å². The van der Waals surface area contributed by atoms with E-state index in [1.54, 1.807) is 0 Å². The normalized spacial score (nSPS) is 10.7. The molecule has 0 bridgehead atoms. The molecule has 6 heteroatoms. The molecule has 0 radical (unpaired) electrons. The van der Waals surface area contributed by atoms with E-state index in [1.165, 1.54) is 0 Å². The van der Waals surface area contributed by atoms with Crippen LogP contribution in [0.2, 0.25) is 0 Å². The van der Waals surface area contributed by atoms with Crippen molar-refractivity contribution in [2.24, 2.45) is 0 Å². The number of anilines is 1. The molecule has 1 N–H and O–H groups in total. The minimum atomic E-state index is 0.633. The highest BCUT2D eigenvalue weighted by Crippen LogP contribution is 2.12. The van der Waals surface area contributed by atoms with Crippen LogP contribution in [0.3, 0.4) is 0 Å². The summed E-state index contributed by atoms with van der Waals surface area (Å²) in [6, 6.07) is 1.92. The maximum atomic E-state index is 4.50. The molecule has 2 heterocycles. The molecule has 0 unspecified atom stereocenters. The van der Waals surface area contributed by atoms with E-state index >= 15 is 0 Å². The van der Waals surface area contributed by atoms with E-state index in [9.17, 15) is 0 Å². The third kappa shape index (κ3) is 2.89. The lowest BCUT2D eigenvalue weighted by Crippen LogP contribution is -2.09. The SMILES string of the molecule is CCNc1nc(C)cc(-n2nc(CC)nc2CC)n1. The summed E-state index contributed by atoms with van der Waals surface area (Å²) in [6.07, 6.45) is 1.65. The molecule has 0 aliphatic carbocycles. The summed E-state index contributed by atoms with van der Waals surface area (Å²) in [6.45, 7) is 8.89. The Morgan fingerprint density at radius 3 is 2.53 bits per heavy atom. The molecule has 6 nitrogen and oxygen atoms in total.